The van der Waals surface area contributed by atoms with Gasteiger partial charge in [0, 0.05) is 38.1 Å². The van der Waals surface area contributed by atoms with Crippen LogP contribution in [0.2, 0.25) is 0 Å². The molecule has 1 aromatic heterocycles. The maximum atomic E-state index is 12.4. The second kappa shape index (κ2) is 7.65. The Morgan fingerprint density at radius 3 is 2.56 bits per heavy atom. The fraction of sp³-hybridized carbons (Fsp3) is 0.278. The van der Waals surface area contributed by atoms with Crippen molar-refractivity contribution in [3.63, 3.8) is 0 Å². The summed E-state index contributed by atoms with van der Waals surface area (Å²) in [4.78, 5) is 32.2. The molecule has 3 rings (SSSR count). The predicted molar refractivity (Wildman–Crippen MR) is 94.8 cm³/mol. The smallest absolute Gasteiger partial charge is 0.337 e. The third-order valence-electron chi connectivity index (χ3n) is 4.08. The molecule has 1 fully saturated rings. The Bertz CT molecular complexity index is 743. The van der Waals surface area contributed by atoms with Crippen molar-refractivity contribution < 1.29 is 14.3 Å². The fourth-order valence-electron chi connectivity index (χ4n) is 2.72. The number of pyridine rings is 1. The monoisotopic (exact) mass is 340 g/mol. The summed E-state index contributed by atoms with van der Waals surface area (Å²) in [5.74, 6) is 0.494. The molecular weight excluding hydrogens is 320 g/mol. The van der Waals surface area contributed by atoms with Gasteiger partial charge in [-0.25, -0.2) is 14.6 Å². The van der Waals surface area contributed by atoms with Gasteiger partial charge in [0.25, 0.3) is 0 Å². The van der Waals surface area contributed by atoms with Crippen molar-refractivity contribution in [1.29, 1.82) is 0 Å². The number of hydrogen-bond acceptors (Lipinski definition) is 5. The molecule has 1 saturated heterocycles. The first-order chi connectivity index (χ1) is 12.2. The number of anilines is 2. The van der Waals surface area contributed by atoms with E-state index < -0.39 is 5.97 Å². The highest BCUT2D eigenvalue weighted by Crippen LogP contribution is 2.15. The van der Waals surface area contributed by atoms with E-state index in [1.165, 1.54) is 7.11 Å². The lowest BCUT2D eigenvalue weighted by Crippen LogP contribution is -2.50. The Balaban J connectivity index is 1.57. The molecule has 25 heavy (non-hydrogen) atoms. The molecule has 0 unspecified atom stereocenters. The number of piperazine rings is 1. The lowest BCUT2D eigenvalue weighted by Gasteiger charge is -2.35. The van der Waals surface area contributed by atoms with Gasteiger partial charge in [0.2, 0.25) is 0 Å². The van der Waals surface area contributed by atoms with Gasteiger partial charge in [-0.15, -0.1) is 0 Å². The van der Waals surface area contributed by atoms with Crippen molar-refractivity contribution in [1.82, 2.24) is 9.88 Å². The first kappa shape index (κ1) is 16.8. The van der Waals surface area contributed by atoms with Gasteiger partial charge < -0.3 is 19.9 Å². The van der Waals surface area contributed by atoms with E-state index in [2.05, 4.69) is 15.2 Å². The largest absolute Gasteiger partial charge is 0.465 e. The minimum Gasteiger partial charge on any atom is -0.465 e. The van der Waals surface area contributed by atoms with Crippen molar-refractivity contribution >= 4 is 23.5 Å². The molecule has 130 valence electrons. The Kier molecular flexibility index (Phi) is 5.13. The highest BCUT2D eigenvalue weighted by atomic mass is 16.5. The van der Waals surface area contributed by atoms with E-state index in [0.717, 1.165) is 18.9 Å². The lowest BCUT2D eigenvalue weighted by molar-refractivity contribution is 0.0600. The minimum absolute atomic E-state index is 0.178. The van der Waals surface area contributed by atoms with Gasteiger partial charge in [-0.3, -0.25) is 0 Å². The molecule has 2 heterocycles. The molecule has 0 saturated carbocycles. The SMILES string of the molecule is COC(=O)c1cccc(NC(=O)N2CCN(c3ccccn3)CC2)c1. The highest BCUT2D eigenvalue weighted by molar-refractivity contribution is 5.94. The highest BCUT2D eigenvalue weighted by Gasteiger charge is 2.22. The maximum Gasteiger partial charge on any atom is 0.337 e. The van der Waals surface area contributed by atoms with E-state index in [0.29, 0.717) is 24.3 Å². The Hall–Kier alpha value is -3.09. The van der Waals surface area contributed by atoms with Crippen LogP contribution < -0.4 is 10.2 Å². The summed E-state index contributed by atoms with van der Waals surface area (Å²) in [6.45, 7) is 2.68. The van der Waals surface area contributed by atoms with Crippen LogP contribution in [0.25, 0.3) is 0 Å². The van der Waals surface area contributed by atoms with E-state index in [-0.39, 0.29) is 6.03 Å². The van der Waals surface area contributed by atoms with Gasteiger partial charge in [-0.05, 0) is 30.3 Å². The van der Waals surface area contributed by atoms with Crippen LogP contribution in [0.1, 0.15) is 10.4 Å². The molecule has 1 aromatic carbocycles. The molecule has 0 aliphatic carbocycles. The number of carbonyl (C=O) groups excluding carboxylic acids is 2. The van der Waals surface area contributed by atoms with Crippen molar-refractivity contribution in [3.8, 4) is 0 Å². The van der Waals surface area contributed by atoms with Gasteiger partial charge in [0.05, 0.1) is 12.7 Å². The topological polar surface area (TPSA) is 74.8 Å². The lowest BCUT2D eigenvalue weighted by atomic mass is 10.2. The molecule has 7 heteroatoms. The van der Waals surface area contributed by atoms with Crippen LogP contribution in [0.3, 0.4) is 0 Å². The van der Waals surface area contributed by atoms with Crippen molar-refractivity contribution in [2.45, 2.75) is 0 Å². The van der Waals surface area contributed by atoms with Gasteiger partial charge in [0.15, 0.2) is 0 Å². The fourth-order valence-corrected chi connectivity index (χ4v) is 2.72. The Morgan fingerprint density at radius 1 is 1.08 bits per heavy atom. The van der Waals surface area contributed by atoms with E-state index in [1.807, 2.05) is 18.2 Å². The number of methoxy groups -OCH3 is 1. The number of aromatic nitrogens is 1. The molecule has 2 aromatic rings. The second-order valence-electron chi connectivity index (χ2n) is 5.66. The zero-order valence-corrected chi connectivity index (χ0v) is 14.0. The first-order valence-electron chi connectivity index (χ1n) is 8.07. The molecule has 0 bridgehead atoms. The minimum atomic E-state index is -0.430. The third kappa shape index (κ3) is 4.06. The van der Waals surface area contributed by atoms with Gasteiger partial charge in [-0.1, -0.05) is 12.1 Å². The maximum absolute atomic E-state index is 12.4. The van der Waals surface area contributed by atoms with Crippen molar-refractivity contribution in [2.24, 2.45) is 0 Å². The first-order valence-corrected chi connectivity index (χ1v) is 8.07. The average Bonchev–Trinajstić information content (AvgIpc) is 2.68. The van der Waals surface area contributed by atoms with Crippen LogP contribution in [0.5, 0.6) is 0 Å². The van der Waals surface area contributed by atoms with Crippen LogP contribution in [0.15, 0.2) is 48.7 Å². The number of nitrogens with zero attached hydrogens (tertiary/aromatic N) is 3. The number of ether oxygens (including phenoxy) is 1. The summed E-state index contributed by atoms with van der Waals surface area (Å²) >= 11 is 0. The van der Waals surface area contributed by atoms with Gasteiger partial charge in [0.1, 0.15) is 5.82 Å². The molecule has 1 aliphatic heterocycles. The zero-order valence-electron chi connectivity index (χ0n) is 14.0. The number of nitrogens with one attached hydrogen (secondary N) is 1. The summed E-state index contributed by atoms with van der Waals surface area (Å²) in [5.41, 5.74) is 0.973. The van der Waals surface area contributed by atoms with E-state index >= 15 is 0 Å². The summed E-state index contributed by atoms with van der Waals surface area (Å²) in [5, 5.41) is 2.83. The molecule has 1 N–H and O–H groups in total. The van der Waals surface area contributed by atoms with Crippen molar-refractivity contribution in [2.75, 3.05) is 43.5 Å². The number of benzene rings is 1. The van der Waals surface area contributed by atoms with Crippen LogP contribution in [0, 0.1) is 0 Å². The summed E-state index contributed by atoms with van der Waals surface area (Å²) in [6.07, 6.45) is 1.77. The molecular formula is C18H20N4O3. The summed E-state index contributed by atoms with van der Waals surface area (Å²) in [7, 11) is 1.33. The number of urea groups is 1. The number of esters is 1. The predicted octanol–water partition coefficient (Wildman–Crippen LogP) is 2.22. The standard InChI is InChI=1S/C18H20N4O3/c1-25-17(23)14-5-4-6-15(13-14)20-18(24)22-11-9-21(10-12-22)16-7-2-3-8-19-16/h2-8,13H,9-12H2,1H3,(H,20,24). The molecule has 1 aliphatic rings. The van der Waals surface area contributed by atoms with Gasteiger partial charge in [-0.2, -0.15) is 0 Å². The van der Waals surface area contributed by atoms with Crippen LogP contribution in [-0.4, -0.2) is 55.2 Å². The van der Waals surface area contributed by atoms with E-state index in [4.69, 9.17) is 4.74 Å². The number of hydrogen-bond donors (Lipinski definition) is 1. The zero-order chi connectivity index (χ0) is 17.6. The van der Waals surface area contributed by atoms with Crippen LogP contribution in [0.4, 0.5) is 16.3 Å². The average molecular weight is 340 g/mol. The Morgan fingerprint density at radius 2 is 1.88 bits per heavy atom. The quantitative estimate of drug-likeness (QED) is 0.867. The molecule has 7 nitrogen and oxygen atoms in total. The van der Waals surface area contributed by atoms with Crippen LogP contribution in [-0.2, 0) is 4.74 Å². The van der Waals surface area contributed by atoms with E-state index in [9.17, 15) is 9.59 Å². The third-order valence-corrected chi connectivity index (χ3v) is 4.08. The molecule has 0 spiro atoms. The molecule has 0 atom stereocenters. The molecule has 0 radical (unpaired) electrons. The van der Waals surface area contributed by atoms with Gasteiger partial charge >= 0.3 is 12.0 Å². The normalized spacial score (nSPS) is 14.1. The number of rotatable bonds is 3. The van der Waals surface area contributed by atoms with Crippen LogP contribution >= 0.6 is 0 Å². The number of carbonyl (C=O) groups is 2. The number of amides is 2. The summed E-state index contributed by atoms with van der Waals surface area (Å²) < 4.78 is 4.69. The van der Waals surface area contributed by atoms with E-state index in [1.54, 1.807) is 35.4 Å². The van der Waals surface area contributed by atoms with Crippen molar-refractivity contribution in [3.05, 3.63) is 54.2 Å². The Labute approximate surface area is 146 Å². The summed E-state index contributed by atoms with van der Waals surface area (Å²) in [6, 6.07) is 12.3. The second-order valence-corrected chi connectivity index (χ2v) is 5.66. The molecule has 2 amide bonds.